The summed E-state index contributed by atoms with van der Waals surface area (Å²) in [6.07, 6.45) is 1.75. The van der Waals surface area contributed by atoms with Crippen LogP contribution in [-0.2, 0) is 9.59 Å². The third kappa shape index (κ3) is 2.91. The predicted octanol–water partition coefficient (Wildman–Crippen LogP) is -0.619. The molecule has 0 spiro atoms. The number of nitrogens with one attached hydrogen (secondary N) is 2. The first kappa shape index (κ1) is 12.7. The van der Waals surface area contributed by atoms with Gasteiger partial charge in [-0.25, -0.2) is 4.79 Å². The van der Waals surface area contributed by atoms with Crippen molar-refractivity contribution < 1.29 is 19.5 Å². The second-order valence-corrected chi connectivity index (χ2v) is 4.77. The molecule has 2 aliphatic rings. The molecule has 7 heteroatoms. The van der Waals surface area contributed by atoms with Crippen LogP contribution in [0.2, 0.25) is 0 Å². The molecular weight excluding hydrogens is 238 g/mol. The smallest absolute Gasteiger partial charge is 0.318 e. The lowest BCUT2D eigenvalue weighted by Gasteiger charge is -2.28. The number of carboxylic acids is 1. The molecule has 2 rings (SSSR count). The lowest BCUT2D eigenvalue weighted by atomic mass is 10.1. The molecule has 3 N–H and O–H groups in total. The third-order valence-corrected chi connectivity index (χ3v) is 3.44. The summed E-state index contributed by atoms with van der Waals surface area (Å²) in [5.74, 6) is -1.32. The standard InChI is InChI=1S/C11H17N3O4/c15-9-6-14(4-3-12-9)11(18)13-8-2-1-7(5-8)10(16)17/h7-8H,1-6H2,(H,12,15)(H,13,18)(H,16,17)/t7-,8+/m1/s1. The Morgan fingerprint density at radius 1 is 1.39 bits per heavy atom. The van der Waals surface area contributed by atoms with Crippen molar-refractivity contribution in [2.24, 2.45) is 5.92 Å². The van der Waals surface area contributed by atoms with Crippen LogP contribution in [0, 0.1) is 5.92 Å². The van der Waals surface area contributed by atoms with E-state index in [-0.39, 0.29) is 30.4 Å². The first-order valence-corrected chi connectivity index (χ1v) is 6.11. The fourth-order valence-electron chi connectivity index (χ4n) is 2.41. The van der Waals surface area contributed by atoms with Gasteiger partial charge in [0.2, 0.25) is 5.91 Å². The van der Waals surface area contributed by atoms with Crippen molar-refractivity contribution in [1.82, 2.24) is 15.5 Å². The monoisotopic (exact) mass is 255 g/mol. The fourth-order valence-corrected chi connectivity index (χ4v) is 2.41. The zero-order valence-corrected chi connectivity index (χ0v) is 10.0. The highest BCUT2D eigenvalue weighted by atomic mass is 16.4. The lowest BCUT2D eigenvalue weighted by molar-refractivity contribution is -0.141. The van der Waals surface area contributed by atoms with E-state index in [4.69, 9.17) is 5.11 Å². The summed E-state index contributed by atoms with van der Waals surface area (Å²) in [5, 5.41) is 14.3. The Kier molecular flexibility index (Phi) is 3.69. The minimum absolute atomic E-state index is 0.0703. The molecule has 18 heavy (non-hydrogen) atoms. The van der Waals surface area contributed by atoms with Crippen LogP contribution in [-0.4, -0.2) is 53.6 Å². The highest BCUT2D eigenvalue weighted by molar-refractivity contribution is 5.85. The van der Waals surface area contributed by atoms with E-state index in [9.17, 15) is 14.4 Å². The number of piperazine rings is 1. The molecule has 7 nitrogen and oxygen atoms in total. The molecule has 0 unspecified atom stereocenters. The Hall–Kier alpha value is -1.79. The van der Waals surface area contributed by atoms with Gasteiger partial charge in [-0.05, 0) is 19.3 Å². The average molecular weight is 255 g/mol. The summed E-state index contributed by atoms with van der Waals surface area (Å²) in [7, 11) is 0. The van der Waals surface area contributed by atoms with Gasteiger partial charge in [-0.3, -0.25) is 9.59 Å². The second-order valence-electron chi connectivity index (χ2n) is 4.77. The largest absolute Gasteiger partial charge is 0.481 e. The first-order valence-electron chi connectivity index (χ1n) is 6.11. The second kappa shape index (κ2) is 5.24. The van der Waals surface area contributed by atoms with Gasteiger partial charge in [0.05, 0.1) is 5.92 Å². The molecule has 0 bridgehead atoms. The Labute approximate surface area is 105 Å². The molecule has 3 amide bonds. The molecule has 1 saturated heterocycles. The highest BCUT2D eigenvalue weighted by Crippen LogP contribution is 2.25. The average Bonchev–Trinajstić information content (AvgIpc) is 2.77. The maximum atomic E-state index is 11.9. The molecule has 2 atom stereocenters. The molecular formula is C11H17N3O4. The summed E-state index contributed by atoms with van der Waals surface area (Å²) < 4.78 is 0. The zero-order valence-electron chi connectivity index (χ0n) is 10.0. The van der Waals surface area contributed by atoms with Crippen LogP contribution < -0.4 is 10.6 Å². The number of hydrogen-bond donors (Lipinski definition) is 3. The third-order valence-electron chi connectivity index (χ3n) is 3.44. The van der Waals surface area contributed by atoms with Crippen molar-refractivity contribution in [2.45, 2.75) is 25.3 Å². The summed E-state index contributed by atoms with van der Waals surface area (Å²) >= 11 is 0. The van der Waals surface area contributed by atoms with E-state index in [0.717, 1.165) is 0 Å². The Bertz CT molecular complexity index is 371. The molecule has 0 aromatic heterocycles. The molecule has 100 valence electrons. The van der Waals surface area contributed by atoms with Gasteiger partial charge in [0.25, 0.3) is 0 Å². The number of urea groups is 1. The van der Waals surface area contributed by atoms with Crippen LogP contribution in [0.5, 0.6) is 0 Å². The normalized spacial score (nSPS) is 27.8. The van der Waals surface area contributed by atoms with Crippen molar-refractivity contribution in [3.05, 3.63) is 0 Å². The number of amides is 3. The van der Waals surface area contributed by atoms with E-state index in [1.54, 1.807) is 0 Å². The molecule has 2 fully saturated rings. The van der Waals surface area contributed by atoms with Crippen LogP contribution in [0.3, 0.4) is 0 Å². The molecule has 0 aromatic carbocycles. The van der Waals surface area contributed by atoms with Gasteiger partial charge in [-0.15, -0.1) is 0 Å². The first-order chi connectivity index (χ1) is 8.56. The molecule has 1 aliphatic carbocycles. The SMILES string of the molecule is O=C1CN(C(=O)N[C@H]2CC[C@@H](C(=O)O)C2)CCN1. The van der Waals surface area contributed by atoms with Gasteiger partial charge < -0.3 is 20.6 Å². The number of carbonyl (C=O) groups is 3. The van der Waals surface area contributed by atoms with Crippen LogP contribution in [0.25, 0.3) is 0 Å². The summed E-state index contributed by atoms with van der Waals surface area (Å²) in [6, 6.07) is -0.371. The van der Waals surface area contributed by atoms with Gasteiger partial charge in [-0.2, -0.15) is 0 Å². The van der Waals surface area contributed by atoms with E-state index in [0.29, 0.717) is 32.4 Å². The number of carboxylic acid groups (broad SMARTS) is 1. The molecule has 0 aromatic rings. The van der Waals surface area contributed by atoms with Crippen LogP contribution >= 0.6 is 0 Å². The van der Waals surface area contributed by atoms with Crippen LogP contribution in [0.1, 0.15) is 19.3 Å². The molecule has 1 heterocycles. The van der Waals surface area contributed by atoms with Crippen molar-refractivity contribution in [3.8, 4) is 0 Å². The highest BCUT2D eigenvalue weighted by Gasteiger charge is 2.32. The number of aliphatic carboxylic acids is 1. The minimum atomic E-state index is -0.802. The number of rotatable bonds is 2. The predicted molar refractivity (Wildman–Crippen MR) is 61.9 cm³/mol. The Morgan fingerprint density at radius 2 is 2.17 bits per heavy atom. The van der Waals surface area contributed by atoms with E-state index < -0.39 is 5.97 Å². The Balaban J connectivity index is 1.81. The summed E-state index contributed by atoms with van der Waals surface area (Å²) in [4.78, 5) is 35.3. The van der Waals surface area contributed by atoms with Crippen molar-refractivity contribution in [1.29, 1.82) is 0 Å². The quantitative estimate of drug-likeness (QED) is 0.612. The topological polar surface area (TPSA) is 98.7 Å². The Morgan fingerprint density at radius 3 is 2.78 bits per heavy atom. The van der Waals surface area contributed by atoms with Crippen molar-refractivity contribution >= 4 is 17.9 Å². The van der Waals surface area contributed by atoms with Crippen molar-refractivity contribution in [3.63, 3.8) is 0 Å². The van der Waals surface area contributed by atoms with E-state index in [2.05, 4.69) is 10.6 Å². The lowest BCUT2D eigenvalue weighted by Crippen LogP contribution is -2.54. The number of hydrogen-bond acceptors (Lipinski definition) is 3. The minimum Gasteiger partial charge on any atom is -0.481 e. The summed E-state index contributed by atoms with van der Waals surface area (Å²) in [6.45, 7) is 1.03. The van der Waals surface area contributed by atoms with Gasteiger partial charge in [0.1, 0.15) is 6.54 Å². The molecule has 0 radical (unpaired) electrons. The van der Waals surface area contributed by atoms with Crippen LogP contribution in [0.4, 0.5) is 4.79 Å². The van der Waals surface area contributed by atoms with Crippen LogP contribution in [0.15, 0.2) is 0 Å². The fraction of sp³-hybridized carbons (Fsp3) is 0.727. The van der Waals surface area contributed by atoms with Crippen molar-refractivity contribution in [2.75, 3.05) is 19.6 Å². The van der Waals surface area contributed by atoms with Gasteiger partial charge in [-0.1, -0.05) is 0 Å². The maximum Gasteiger partial charge on any atom is 0.318 e. The van der Waals surface area contributed by atoms with Gasteiger partial charge in [0.15, 0.2) is 0 Å². The van der Waals surface area contributed by atoms with Gasteiger partial charge >= 0.3 is 12.0 Å². The maximum absolute atomic E-state index is 11.9. The number of carbonyl (C=O) groups excluding carboxylic acids is 2. The number of nitrogens with zero attached hydrogens (tertiary/aromatic N) is 1. The van der Waals surface area contributed by atoms with Gasteiger partial charge in [0, 0.05) is 19.1 Å². The molecule has 1 saturated carbocycles. The van der Waals surface area contributed by atoms with E-state index >= 15 is 0 Å². The van der Waals surface area contributed by atoms with E-state index in [1.165, 1.54) is 4.90 Å². The molecule has 1 aliphatic heterocycles. The van der Waals surface area contributed by atoms with E-state index in [1.807, 2.05) is 0 Å². The zero-order chi connectivity index (χ0) is 13.1. The summed E-state index contributed by atoms with van der Waals surface area (Å²) in [5.41, 5.74) is 0.